The molecule has 4 rings (SSSR count). The summed E-state index contributed by atoms with van der Waals surface area (Å²) in [4.78, 5) is 3.82. The summed E-state index contributed by atoms with van der Waals surface area (Å²) in [5.41, 5.74) is 6.33. The topological polar surface area (TPSA) is 16.9 Å². The molecule has 0 saturated carbocycles. The molecule has 1 aliphatic heterocycles. The number of benzene rings is 2. The third-order valence-electron chi connectivity index (χ3n) is 5.52. The Labute approximate surface area is 168 Å². The Balaban J connectivity index is 1.70. The quantitative estimate of drug-likeness (QED) is 0.887. The van der Waals surface area contributed by atoms with E-state index < -0.39 is 0 Å². The fourth-order valence-electron chi connectivity index (χ4n) is 3.85. The molecule has 2 aromatic carbocycles. The van der Waals surface area contributed by atoms with Gasteiger partial charge in [0.25, 0.3) is 0 Å². The van der Waals surface area contributed by atoms with Gasteiger partial charge in [-0.25, -0.2) is 0 Å². The first-order valence-electron chi connectivity index (χ1n) is 10.1. The lowest BCUT2D eigenvalue weighted by atomic mass is 9.90. The first kappa shape index (κ1) is 18.7. The highest BCUT2D eigenvalue weighted by molar-refractivity contribution is 5.86. The molecule has 0 atom stereocenters. The Morgan fingerprint density at radius 1 is 0.857 bits per heavy atom. The number of rotatable bonds is 4. The van der Waals surface area contributed by atoms with Gasteiger partial charge in [-0.15, -0.1) is 0 Å². The van der Waals surface area contributed by atoms with Crippen LogP contribution in [0.1, 0.15) is 11.1 Å². The van der Waals surface area contributed by atoms with Gasteiger partial charge in [0.1, 0.15) is 6.04 Å². The van der Waals surface area contributed by atoms with Crippen molar-refractivity contribution in [3.63, 3.8) is 0 Å². The van der Waals surface area contributed by atoms with Crippen LogP contribution in [0.5, 0.6) is 0 Å². The minimum atomic E-state index is 0.435. The van der Waals surface area contributed by atoms with Crippen molar-refractivity contribution in [2.75, 3.05) is 45.3 Å². The summed E-state index contributed by atoms with van der Waals surface area (Å²) in [6.45, 7) is 3.55. The zero-order valence-corrected chi connectivity index (χ0v) is 16.8. The van der Waals surface area contributed by atoms with Crippen LogP contribution in [0.2, 0.25) is 0 Å². The Bertz CT molecular complexity index is 857. The number of quaternary nitrogens is 1. The molecule has 3 nitrogen and oxygen atoms in total. The monoisotopic (exact) mass is 373 g/mol. The second kappa shape index (κ2) is 8.59. The maximum absolute atomic E-state index is 5.48. The zero-order chi connectivity index (χ0) is 19.3. The number of nitrogens with zero attached hydrogens (tertiary/aromatic N) is 1. The lowest BCUT2D eigenvalue weighted by molar-refractivity contribution is -0.871. The summed E-state index contributed by atoms with van der Waals surface area (Å²) in [6.07, 6.45) is 9.15. The fraction of sp³-hybridized carbons (Fsp3) is 0.280. The number of nitrogens with one attached hydrogen (secondary N) is 1. The molecular formula is C25H29N2O+. The second-order valence-corrected chi connectivity index (χ2v) is 7.66. The molecule has 0 spiro atoms. The van der Waals surface area contributed by atoms with Crippen LogP contribution in [-0.4, -0.2) is 46.4 Å². The van der Waals surface area contributed by atoms with Gasteiger partial charge in [0.2, 0.25) is 0 Å². The normalized spacial score (nSPS) is 19.3. The van der Waals surface area contributed by atoms with Crippen LogP contribution in [0, 0.1) is 0 Å². The summed E-state index contributed by atoms with van der Waals surface area (Å²) < 4.78 is 5.48. The molecule has 0 aromatic heterocycles. The molecule has 0 bridgehead atoms. The van der Waals surface area contributed by atoms with E-state index in [1.165, 1.54) is 32.9 Å². The minimum absolute atomic E-state index is 0.435. The van der Waals surface area contributed by atoms with Crippen LogP contribution in [0.4, 0.5) is 5.69 Å². The molecule has 0 amide bonds. The van der Waals surface area contributed by atoms with E-state index >= 15 is 0 Å². The summed E-state index contributed by atoms with van der Waals surface area (Å²) in [7, 11) is 4.38. The number of ether oxygens (including phenoxy) is 1. The van der Waals surface area contributed by atoms with Crippen LogP contribution in [0.15, 0.2) is 84.5 Å². The van der Waals surface area contributed by atoms with Crippen LogP contribution >= 0.6 is 0 Å². The molecule has 28 heavy (non-hydrogen) atoms. The highest BCUT2D eigenvalue weighted by Gasteiger charge is 2.16. The number of hydrogen-bond acceptors (Lipinski definition) is 2. The number of allylic oxidation sites excluding steroid dienone is 3. The van der Waals surface area contributed by atoms with Crippen LogP contribution in [0.3, 0.4) is 0 Å². The van der Waals surface area contributed by atoms with Crippen molar-refractivity contribution in [2.45, 2.75) is 6.04 Å². The molecule has 2 aliphatic rings. The van der Waals surface area contributed by atoms with Gasteiger partial charge in [-0.2, -0.15) is 0 Å². The van der Waals surface area contributed by atoms with E-state index in [4.69, 9.17) is 4.74 Å². The number of hydrogen-bond donors (Lipinski definition) is 1. The molecule has 1 fully saturated rings. The lowest BCUT2D eigenvalue weighted by Gasteiger charge is -2.29. The highest BCUT2D eigenvalue weighted by atomic mass is 16.5. The molecule has 3 heteroatoms. The van der Waals surface area contributed by atoms with Crippen molar-refractivity contribution in [3.8, 4) is 0 Å². The molecule has 1 saturated heterocycles. The molecule has 0 radical (unpaired) electrons. The maximum Gasteiger partial charge on any atom is 0.125 e. The number of anilines is 1. The van der Waals surface area contributed by atoms with Crippen LogP contribution < -0.4 is 9.80 Å². The van der Waals surface area contributed by atoms with Gasteiger partial charge in [0.05, 0.1) is 27.3 Å². The van der Waals surface area contributed by atoms with Crippen molar-refractivity contribution in [1.29, 1.82) is 0 Å². The van der Waals surface area contributed by atoms with Gasteiger partial charge in [-0.1, -0.05) is 54.6 Å². The predicted octanol–water partition coefficient (Wildman–Crippen LogP) is 2.96. The van der Waals surface area contributed by atoms with Gasteiger partial charge in [-0.05, 0) is 46.6 Å². The van der Waals surface area contributed by atoms with E-state index in [0.29, 0.717) is 6.04 Å². The Hall–Kier alpha value is -2.62. The molecule has 0 unspecified atom stereocenters. The average molecular weight is 374 g/mol. The Morgan fingerprint density at radius 3 is 2.07 bits per heavy atom. The first-order chi connectivity index (χ1) is 13.7. The number of likely N-dealkylation sites (N-methyl/N-ethyl adjacent to an activating group) is 1. The second-order valence-electron chi connectivity index (χ2n) is 7.66. The minimum Gasteiger partial charge on any atom is -0.378 e. The molecule has 2 aromatic rings. The summed E-state index contributed by atoms with van der Waals surface area (Å²) in [6, 6.07) is 20.1. The molecule has 1 heterocycles. The third kappa shape index (κ3) is 4.11. The number of morpholine rings is 1. The van der Waals surface area contributed by atoms with Gasteiger partial charge in [0, 0.05) is 18.8 Å². The fourth-order valence-corrected chi connectivity index (χ4v) is 3.85. The van der Waals surface area contributed by atoms with E-state index in [1.807, 2.05) is 0 Å². The Morgan fingerprint density at radius 2 is 1.46 bits per heavy atom. The van der Waals surface area contributed by atoms with Crippen molar-refractivity contribution < 1.29 is 9.64 Å². The average Bonchev–Trinajstić information content (AvgIpc) is 2.76. The van der Waals surface area contributed by atoms with Gasteiger partial charge >= 0.3 is 0 Å². The van der Waals surface area contributed by atoms with Crippen LogP contribution in [-0.2, 0) is 4.74 Å². The zero-order valence-electron chi connectivity index (χ0n) is 16.8. The van der Waals surface area contributed by atoms with Crippen molar-refractivity contribution in [3.05, 3.63) is 95.6 Å². The largest absolute Gasteiger partial charge is 0.378 e. The van der Waals surface area contributed by atoms with Crippen molar-refractivity contribution in [2.24, 2.45) is 0 Å². The van der Waals surface area contributed by atoms with E-state index in [9.17, 15) is 0 Å². The maximum atomic E-state index is 5.48. The summed E-state index contributed by atoms with van der Waals surface area (Å²) in [5, 5.41) is 0. The predicted molar refractivity (Wildman–Crippen MR) is 117 cm³/mol. The molecule has 1 N–H and O–H groups in total. The standard InChI is InChI=1S/C25H28N2O/c1-26(2)23-12-8-21(9-13-23)25(20-6-4-3-5-7-20)22-10-14-24(15-11-22)27-16-18-28-19-17-27/h3-15,23H,16-19H2,1-2H3/p+1. The van der Waals surface area contributed by atoms with Gasteiger partial charge in [0.15, 0.2) is 0 Å². The van der Waals surface area contributed by atoms with E-state index in [0.717, 1.165) is 26.3 Å². The summed E-state index contributed by atoms with van der Waals surface area (Å²) in [5.74, 6) is 0. The van der Waals surface area contributed by atoms with E-state index in [-0.39, 0.29) is 0 Å². The SMILES string of the molecule is C[NH+](C)C1C=CC(=C(c2ccccc2)c2ccc(N3CCOCC3)cc2)C=C1. The van der Waals surface area contributed by atoms with Crippen molar-refractivity contribution >= 4 is 11.3 Å². The highest BCUT2D eigenvalue weighted by Crippen LogP contribution is 2.31. The Kier molecular flexibility index (Phi) is 5.75. The third-order valence-corrected chi connectivity index (χ3v) is 5.52. The van der Waals surface area contributed by atoms with E-state index in [1.54, 1.807) is 0 Å². The van der Waals surface area contributed by atoms with Gasteiger partial charge in [-0.3, -0.25) is 0 Å². The van der Waals surface area contributed by atoms with Crippen LogP contribution in [0.25, 0.3) is 5.57 Å². The van der Waals surface area contributed by atoms with E-state index in [2.05, 4.69) is 97.9 Å². The molecule has 1 aliphatic carbocycles. The lowest BCUT2D eigenvalue weighted by Crippen LogP contribution is -3.09. The smallest absolute Gasteiger partial charge is 0.125 e. The summed E-state index contributed by atoms with van der Waals surface area (Å²) >= 11 is 0. The first-order valence-corrected chi connectivity index (χ1v) is 10.1. The van der Waals surface area contributed by atoms with Crippen molar-refractivity contribution in [1.82, 2.24) is 0 Å². The molecular weight excluding hydrogens is 344 g/mol. The molecule has 144 valence electrons. The van der Waals surface area contributed by atoms with Gasteiger partial charge < -0.3 is 14.5 Å².